The molecule has 0 aliphatic carbocycles. The Bertz CT molecular complexity index is 658. The summed E-state index contributed by atoms with van der Waals surface area (Å²) in [5.41, 5.74) is 6.36. The van der Waals surface area contributed by atoms with Gasteiger partial charge in [-0.25, -0.2) is 8.42 Å². The molecule has 0 amide bonds. The first-order valence-electron chi connectivity index (χ1n) is 5.72. The lowest BCUT2D eigenvalue weighted by Crippen LogP contribution is -2.26. The van der Waals surface area contributed by atoms with Crippen LogP contribution < -0.4 is 5.73 Å². The van der Waals surface area contributed by atoms with Crippen molar-refractivity contribution in [2.75, 3.05) is 7.05 Å². The van der Waals surface area contributed by atoms with Crippen LogP contribution >= 0.6 is 11.3 Å². The molecule has 0 unspecified atom stereocenters. The van der Waals surface area contributed by atoms with Crippen LogP contribution in [0, 0.1) is 6.92 Å². The van der Waals surface area contributed by atoms with Crippen LogP contribution in [0.5, 0.6) is 0 Å². The van der Waals surface area contributed by atoms with Gasteiger partial charge in [-0.05, 0) is 19.1 Å². The van der Waals surface area contributed by atoms with E-state index in [1.54, 1.807) is 30.8 Å². The minimum Gasteiger partial charge on any atom is -0.469 e. The average molecular weight is 300 g/mol. The Morgan fingerprint density at radius 3 is 2.74 bits per heavy atom. The molecule has 0 spiro atoms. The van der Waals surface area contributed by atoms with E-state index in [2.05, 4.69) is 0 Å². The van der Waals surface area contributed by atoms with Crippen molar-refractivity contribution < 1.29 is 12.8 Å². The van der Waals surface area contributed by atoms with Crippen LogP contribution in [0.15, 0.2) is 33.1 Å². The topological polar surface area (TPSA) is 76.5 Å². The Balaban J connectivity index is 2.22. The summed E-state index contributed by atoms with van der Waals surface area (Å²) < 4.78 is 31.2. The first-order chi connectivity index (χ1) is 8.95. The number of sulfonamides is 1. The van der Waals surface area contributed by atoms with Gasteiger partial charge >= 0.3 is 0 Å². The van der Waals surface area contributed by atoms with Gasteiger partial charge in [0.2, 0.25) is 10.0 Å². The van der Waals surface area contributed by atoms with Gasteiger partial charge in [-0.2, -0.15) is 4.31 Å². The largest absolute Gasteiger partial charge is 0.469 e. The lowest BCUT2D eigenvalue weighted by Gasteiger charge is -2.15. The van der Waals surface area contributed by atoms with Crippen LogP contribution in [-0.2, 0) is 23.1 Å². The molecule has 0 fully saturated rings. The molecule has 0 bridgehead atoms. The maximum Gasteiger partial charge on any atom is 0.243 e. The summed E-state index contributed by atoms with van der Waals surface area (Å²) in [4.78, 5) is 1.15. The van der Waals surface area contributed by atoms with E-state index in [9.17, 15) is 8.42 Å². The minimum absolute atomic E-state index is 0.290. The van der Waals surface area contributed by atoms with Crippen molar-refractivity contribution in [1.82, 2.24) is 4.31 Å². The highest BCUT2D eigenvalue weighted by Gasteiger charge is 2.23. The van der Waals surface area contributed by atoms with Crippen LogP contribution in [0.3, 0.4) is 0 Å². The molecule has 0 atom stereocenters. The molecule has 2 rings (SSSR count). The summed E-state index contributed by atoms with van der Waals surface area (Å²) in [5.74, 6) is 0.731. The van der Waals surface area contributed by atoms with Crippen molar-refractivity contribution in [3.8, 4) is 0 Å². The highest BCUT2D eigenvalue weighted by molar-refractivity contribution is 7.89. The van der Waals surface area contributed by atoms with Gasteiger partial charge in [0.25, 0.3) is 0 Å². The van der Waals surface area contributed by atoms with Gasteiger partial charge in [-0.15, -0.1) is 11.3 Å². The van der Waals surface area contributed by atoms with Crippen LogP contribution in [0.4, 0.5) is 0 Å². The van der Waals surface area contributed by atoms with E-state index < -0.39 is 10.0 Å². The monoisotopic (exact) mass is 300 g/mol. The predicted molar refractivity (Wildman–Crippen MR) is 74.3 cm³/mol. The molecule has 0 aromatic carbocycles. The molecule has 2 N–H and O–H groups in total. The Labute approximate surface area is 116 Å². The van der Waals surface area contributed by atoms with E-state index in [-0.39, 0.29) is 0 Å². The number of aryl methyl sites for hydroxylation is 1. The third-order valence-corrected chi connectivity index (χ3v) is 5.79. The lowest BCUT2D eigenvalue weighted by molar-refractivity contribution is 0.459. The maximum atomic E-state index is 12.4. The summed E-state index contributed by atoms with van der Waals surface area (Å²) in [5, 5.41) is 1.62. The third kappa shape index (κ3) is 2.89. The zero-order valence-electron chi connectivity index (χ0n) is 10.8. The van der Waals surface area contributed by atoms with E-state index in [4.69, 9.17) is 10.2 Å². The molecular weight excluding hydrogens is 284 g/mol. The molecule has 2 aromatic heterocycles. The van der Waals surface area contributed by atoms with Crippen molar-refractivity contribution in [3.05, 3.63) is 40.0 Å². The second kappa shape index (κ2) is 5.46. The Morgan fingerprint density at radius 2 is 2.21 bits per heavy atom. The molecule has 0 aliphatic heterocycles. The van der Waals surface area contributed by atoms with Crippen molar-refractivity contribution in [2.45, 2.75) is 24.9 Å². The van der Waals surface area contributed by atoms with Gasteiger partial charge in [-0.3, -0.25) is 0 Å². The van der Waals surface area contributed by atoms with Crippen molar-refractivity contribution in [3.63, 3.8) is 0 Å². The fraction of sp³-hybridized carbons (Fsp3) is 0.333. The fourth-order valence-electron chi connectivity index (χ4n) is 1.68. The summed E-state index contributed by atoms with van der Waals surface area (Å²) in [7, 11) is -1.92. The molecule has 2 aromatic rings. The number of nitrogens with two attached hydrogens (primary N) is 1. The van der Waals surface area contributed by atoms with Crippen molar-refractivity contribution in [2.24, 2.45) is 5.73 Å². The Hall–Kier alpha value is -1.15. The van der Waals surface area contributed by atoms with Crippen LogP contribution in [0.2, 0.25) is 0 Å². The van der Waals surface area contributed by atoms with Crippen LogP contribution in [0.1, 0.15) is 16.2 Å². The summed E-state index contributed by atoms with van der Waals surface area (Å²) >= 11 is 1.36. The Kier molecular flexibility index (Phi) is 4.10. The summed E-state index contributed by atoms with van der Waals surface area (Å²) in [6.07, 6.45) is 1.56. The number of furan rings is 1. The molecule has 7 heteroatoms. The maximum absolute atomic E-state index is 12.4. The SMILES string of the molecule is Cc1occc1CN(C)S(=O)(=O)c1csc(CN)c1. The van der Waals surface area contributed by atoms with Crippen LogP contribution in [0.25, 0.3) is 0 Å². The highest BCUT2D eigenvalue weighted by Crippen LogP contribution is 2.23. The van der Waals surface area contributed by atoms with Gasteiger partial charge in [0.1, 0.15) is 5.76 Å². The molecule has 0 saturated carbocycles. The van der Waals surface area contributed by atoms with E-state index >= 15 is 0 Å². The first kappa shape index (κ1) is 14.3. The molecule has 0 radical (unpaired) electrons. The average Bonchev–Trinajstić information content (AvgIpc) is 2.99. The number of nitrogens with zero attached hydrogens (tertiary/aromatic N) is 1. The normalized spacial score (nSPS) is 12.2. The van der Waals surface area contributed by atoms with E-state index in [1.165, 1.54) is 15.6 Å². The standard InChI is InChI=1S/C12H16N2O3S2/c1-9-10(3-4-17-9)7-14(2)19(15,16)12-5-11(6-13)18-8-12/h3-5,8H,6-7,13H2,1-2H3. The number of hydrogen-bond donors (Lipinski definition) is 1. The fourth-order valence-corrected chi connectivity index (χ4v) is 3.98. The van der Waals surface area contributed by atoms with Crippen molar-refractivity contribution in [1.29, 1.82) is 0 Å². The molecule has 2 heterocycles. The molecule has 5 nitrogen and oxygen atoms in total. The van der Waals surface area contributed by atoms with Gasteiger partial charge in [0, 0.05) is 36.0 Å². The van der Waals surface area contributed by atoms with Gasteiger partial charge < -0.3 is 10.2 Å². The highest BCUT2D eigenvalue weighted by atomic mass is 32.2. The summed E-state index contributed by atoms with van der Waals surface area (Å²) in [6.45, 7) is 2.45. The van der Waals surface area contributed by atoms with Crippen LogP contribution in [-0.4, -0.2) is 19.8 Å². The van der Waals surface area contributed by atoms with Gasteiger partial charge in [0.05, 0.1) is 11.2 Å². The third-order valence-electron chi connectivity index (χ3n) is 2.90. The second-order valence-corrected chi connectivity index (χ2v) is 7.26. The zero-order valence-corrected chi connectivity index (χ0v) is 12.4. The van der Waals surface area contributed by atoms with E-state index in [0.717, 1.165) is 16.2 Å². The van der Waals surface area contributed by atoms with Crippen molar-refractivity contribution >= 4 is 21.4 Å². The Morgan fingerprint density at radius 1 is 1.47 bits per heavy atom. The predicted octanol–water partition coefficient (Wildman–Crippen LogP) is 1.93. The number of rotatable bonds is 5. The second-order valence-electron chi connectivity index (χ2n) is 4.22. The smallest absolute Gasteiger partial charge is 0.243 e. The van der Waals surface area contributed by atoms with E-state index in [0.29, 0.717) is 18.0 Å². The summed E-state index contributed by atoms with van der Waals surface area (Å²) in [6, 6.07) is 3.40. The minimum atomic E-state index is -3.47. The first-order valence-corrected chi connectivity index (χ1v) is 8.04. The number of thiophene rings is 1. The number of hydrogen-bond acceptors (Lipinski definition) is 5. The molecule has 19 heavy (non-hydrogen) atoms. The zero-order chi connectivity index (χ0) is 14.0. The lowest BCUT2D eigenvalue weighted by atomic mass is 10.3. The molecule has 0 aliphatic rings. The molecule has 0 saturated heterocycles. The molecule has 104 valence electrons. The quantitative estimate of drug-likeness (QED) is 0.915. The van der Waals surface area contributed by atoms with Gasteiger partial charge in [0.15, 0.2) is 0 Å². The van der Waals surface area contributed by atoms with Gasteiger partial charge in [-0.1, -0.05) is 0 Å². The van der Waals surface area contributed by atoms with E-state index in [1.807, 2.05) is 6.92 Å². The molecular formula is C12H16N2O3S2.